The fourth-order valence-electron chi connectivity index (χ4n) is 2.95. The van der Waals surface area contributed by atoms with E-state index in [0.717, 1.165) is 15.7 Å². The Hall–Kier alpha value is -2.57. The molecule has 0 spiro atoms. The molecular weight excluding hydrogens is 333 g/mol. The van der Waals surface area contributed by atoms with Gasteiger partial charge in [-0.15, -0.1) is 0 Å². The molecule has 3 rings (SSSR count). The normalized spacial score (nSPS) is 15.5. The number of amides is 2. The molecule has 2 amide bonds. The molecule has 1 aliphatic rings. The third kappa shape index (κ3) is 4.10. The molecule has 7 heteroatoms. The van der Waals surface area contributed by atoms with Crippen LogP contribution in [0.25, 0.3) is 10.8 Å². The first-order chi connectivity index (χ1) is 11.8. The van der Waals surface area contributed by atoms with E-state index in [0.29, 0.717) is 5.56 Å². The topological polar surface area (TPSA) is 40.6 Å². The second kappa shape index (κ2) is 6.74. The van der Waals surface area contributed by atoms with Gasteiger partial charge in [-0.2, -0.15) is 13.2 Å². The summed E-state index contributed by atoms with van der Waals surface area (Å²) in [5.74, 6) is -1.11. The fourth-order valence-corrected chi connectivity index (χ4v) is 2.95. The Bertz CT molecular complexity index is 796. The maximum Gasteiger partial charge on any atom is 0.397 e. The van der Waals surface area contributed by atoms with E-state index in [1.165, 1.54) is 0 Å². The molecule has 0 unspecified atom stereocenters. The van der Waals surface area contributed by atoms with Crippen LogP contribution in [0.3, 0.4) is 0 Å². The Morgan fingerprint density at radius 2 is 1.48 bits per heavy atom. The van der Waals surface area contributed by atoms with Crippen molar-refractivity contribution in [2.45, 2.75) is 12.6 Å². The van der Waals surface area contributed by atoms with Crippen LogP contribution in [0.5, 0.6) is 0 Å². The highest BCUT2D eigenvalue weighted by Gasteiger charge is 2.34. The second-order valence-corrected chi connectivity index (χ2v) is 6.03. The Morgan fingerprint density at radius 1 is 0.880 bits per heavy atom. The highest BCUT2D eigenvalue weighted by molar-refractivity contribution is 5.98. The van der Waals surface area contributed by atoms with E-state index in [1.54, 1.807) is 17.0 Å². The van der Waals surface area contributed by atoms with Crippen LogP contribution in [0.1, 0.15) is 16.8 Å². The van der Waals surface area contributed by atoms with Gasteiger partial charge in [0.2, 0.25) is 5.91 Å². The smallest absolute Gasteiger partial charge is 0.339 e. The molecule has 0 aromatic heterocycles. The zero-order chi connectivity index (χ0) is 18.0. The van der Waals surface area contributed by atoms with Gasteiger partial charge in [0.15, 0.2) is 0 Å². The van der Waals surface area contributed by atoms with Gasteiger partial charge in [0.1, 0.15) is 6.42 Å². The van der Waals surface area contributed by atoms with Crippen molar-refractivity contribution in [2.24, 2.45) is 0 Å². The van der Waals surface area contributed by atoms with Gasteiger partial charge in [0.25, 0.3) is 5.91 Å². The van der Waals surface area contributed by atoms with Gasteiger partial charge in [-0.3, -0.25) is 9.59 Å². The third-order valence-corrected chi connectivity index (χ3v) is 4.27. The maximum atomic E-state index is 12.6. The Kier molecular flexibility index (Phi) is 4.65. The van der Waals surface area contributed by atoms with E-state index < -0.39 is 18.5 Å². The Balaban J connectivity index is 1.63. The number of carbonyl (C=O) groups is 2. The van der Waals surface area contributed by atoms with Crippen molar-refractivity contribution in [1.82, 2.24) is 9.80 Å². The highest BCUT2D eigenvalue weighted by atomic mass is 19.4. The Labute approximate surface area is 142 Å². The van der Waals surface area contributed by atoms with Gasteiger partial charge in [0, 0.05) is 31.7 Å². The largest absolute Gasteiger partial charge is 0.397 e. The van der Waals surface area contributed by atoms with Crippen molar-refractivity contribution in [3.63, 3.8) is 0 Å². The average Bonchev–Trinajstić information content (AvgIpc) is 2.59. The first-order valence-corrected chi connectivity index (χ1v) is 7.96. The number of fused-ring (bicyclic) bond motifs is 1. The lowest BCUT2D eigenvalue weighted by Gasteiger charge is -2.35. The molecule has 0 saturated carbocycles. The molecule has 132 valence electrons. The number of benzene rings is 2. The lowest BCUT2D eigenvalue weighted by molar-refractivity contribution is -0.162. The monoisotopic (exact) mass is 350 g/mol. The standard InChI is InChI=1S/C18H17F3N2O2/c19-18(20,21)12-16(24)22-7-9-23(10-8-22)17(25)15-6-5-13-3-1-2-4-14(13)11-15/h1-6,11H,7-10,12H2. The van der Waals surface area contributed by atoms with Crippen LogP contribution in [-0.4, -0.2) is 54.0 Å². The van der Waals surface area contributed by atoms with Crippen LogP contribution in [0.2, 0.25) is 0 Å². The van der Waals surface area contributed by atoms with Crippen LogP contribution in [0.15, 0.2) is 42.5 Å². The summed E-state index contributed by atoms with van der Waals surface area (Å²) in [5, 5.41) is 1.98. The number of halogens is 3. The molecule has 2 aromatic rings. The van der Waals surface area contributed by atoms with Crippen LogP contribution >= 0.6 is 0 Å². The summed E-state index contributed by atoms with van der Waals surface area (Å²) in [7, 11) is 0. The average molecular weight is 350 g/mol. The van der Waals surface area contributed by atoms with Crippen LogP contribution in [0, 0.1) is 0 Å². The summed E-state index contributed by atoms with van der Waals surface area (Å²) < 4.78 is 36.9. The number of rotatable bonds is 2. The fraction of sp³-hybridized carbons (Fsp3) is 0.333. The lowest BCUT2D eigenvalue weighted by Crippen LogP contribution is -2.51. The van der Waals surface area contributed by atoms with Crippen molar-refractivity contribution >= 4 is 22.6 Å². The van der Waals surface area contributed by atoms with Gasteiger partial charge in [-0.05, 0) is 22.9 Å². The lowest BCUT2D eigenvalue weighted by atomic mass is 10.1. The molecular formula is C18H17F3N2O2. The highest BCUT2D eigenvalue weighted by Crippen LogP contribution is 2.22. The number of hydrogen-bond donors (Lipinski definition) is 0. The summed E-state index contributed by atoms with van der Waals surface area (Å²) in [6.07, 6.45) is -5.96. The minimum Gasteiger partial charge on any atom is -0.339 e. The van der Waals surface area contributed by atoms with Crippen molar-refractivity contribution in [3.8, 4) is 0 Å². The summed E-state index contributed by atoms with van der Waals surface area (Å²) in [6.45, 7) is 0.701. The molecule has 4 nitrogen and oxygen atoms in total. The molecule has 0 N–H and O–H groups in total. The van der Waals surface area contributed by atoms with Crippen molar-refractivity contribution < 1.29 is 22.8 Å². The minimum absolute atomic E-state index is 0.119. The zero-order valence-electron chi connectivity index (χ0n) is 13.4. The van der Waals surface area contributed by atoms with E-state index in [4.69, 9.17) is 0 Å². The van der Waals surface area contributed by atoms with Gasteiger partial charge in [0.05, 0.1) is 0 Å². The van der Waals surface area contributed by atoms with E-state index in [-0.39, 0.29) is 32.1 Å². The van der Waals surface area contributed by atoms with Crippen LogP contribution < -0.4 is 0 Å². The molecule has 0 radical (unpaired) electrons. The zero-order valence-corrected chi connectivity index (χ0v) is 13.4. The first kappa shape index (κ1) is 17.3. The van der Waals surface area contributed by atoms with Crippen LogP contribution in [-0.2, 0) is 4.79 Å². The molecule has 1 heterocycles. The molecule has 1 saturated heterocycles. The van der Waals surface area contributed by atoms with Gasteiger partial charge in [-0.25, -0.2) is 0 Å². The van der Waals surface area contributed by atoms with Gasteiger partial charge >= 0.3 is 6.18 Å². The minimum atomic E-state index is -4.50. The van der Waals surface area contributed by atoms with E-state index >= 15 is 0 Å². The number of hydrogen-bond acceptors (Lipinski definition) is 2. The van der Waals surface area contributed by atoms with Crippen molar-refractivity contribution in [2.75, 3.05) is 26.2 Å². The number of nitrogens with zero attached hydrogens (tertiary/aromatic N) is 2. The maximum absolute atomic E-state index is 12.6. The van der Waals surface area contributed by atoms with Gasteiger partial charge < -0.3 is 9.80 Å². The van der Waals surface area contributed by atoms with Crippen molar-refractivity contribution in [3.05, 3.63) is 48.0 Å². The predicted molar refractivity (Wildman–Crippen MR) is 87.1 cm³/mol. The van der Waals surface area contributed by atoms with Crippen molar-refractivity contribution in [1.29, 1.82) is 0 Å². The van der Waals surface area contributed by atoms with Gasteiger partial charge in [-0.1, -0.05) is 30.3 Å². The predicted octanol–water partition coefficient (Wildman–Crippen LogP) is 3.08. The quantitative estimate of drug-likeness (QED) is 0.835. The molecule has 0 aliphatic carbocycles. The number of piperazine rings is 1. The molecule has 0 atom stereocenters. The van der Waals surface area contributed by atoms with E-state index in [2.05, 4.69) is 0 Å². The second-order valence-electron chi connectivity index (χ2n) is 6.03. The van der Waals surface area contributed by atoms with E-state index in [1.807, 2.05) is 30.3 Å². The third-order valence-electron chi connectivity index (χ3n) is 4.27. The summed E-state index contributed by atoms with van der Waals surface area (Å²) in [6, 6.07) is 13.1. The first-order valence-electron chi connectivity index (χ1n) is 7.96. The SMILES string of the molecule is O=C(CC(F)(F)F)N1CCN(C(=O)c2ccc3ccccc3c2)CC1. The number of carbonyl (C=O) groups excluding carboxylic acids is 2. The summed E-state index contributed by atoms with van der Waals surface area (Å²) >= 11 is 0. The summed E-state index contributed by atoms with van der Waals surface area (Å²) in [4.78, 5) is 26.9. The molecule has 0 bridgehead atoms. The van der Waals surface area contributed by atoms with Crippen LogP contribution in [0.4, 0.5) is 13.2 Å². The van der Waals surface area contributed by atoms with E-state index in [9.17, 15) is 22.8 Å². The molecule has 1 aliphatic heterocycles. The molecule has 25 heavy (non-hydrogen) atoms. The number of alkyl halides is 3. The molecule has 2 aromatic carbocycles. The summed E-state index contributed by atoms with van der Waals surface area (Å²) in [5.41, 5.74) is 0.536. The molecule has 1 fully saturated rings. The Morgan fingerprint density at radius 3 is 2.12 bits per heavy atom.